The van der Waals surface area contributed by atoms with Crippen LogP contribution in [-0.4, -0.2) is 42.6 Å². The summed E-state index contributed by atoms with van der Waals surface area (Å²) in [6.45, 7) is -0.574. The summed E-state index contributed by atoms with van der Waals surface area (Å²) in [5.41, 5.74) is 0.701. The number of carbonyl (C=O) groups excluding carboxylic acids is 2. The van der Waals surface area contributed by atoms with Crippen LogP contribution in [0.25, 0.3) is 6.08 Å². The smallest absolute Gasteiger partial charge is 0.266 e. The summed E-state index contributed by atoms with van der Waals surface area (Å²) in [7, 11) is 3.28. The van der Waals surface area contributed by atoms with E-state index in [2.05, 4.69) is 4.99 Å². The minimum atomic E-state index is -1.33. The number of aliphatic carboxylic acids is 1. The van der Waals surface area contributed by atoms with Crippen molar-refractivity contribution < 1.29 is 19.4 Å². The van der Waals surface area contributed by atoms with Gasteiger partial charge in [0.25, 0.3) is 5.91 Å². The van der Waals surface area contributed by atoms with Gasteiger partial charge in [0.15, 0.2) is 5.17 Å². The number of thioether (sulfide) groups is 1. The Morgan fingerprint density at radius 2 is 2.27 bits per heavy atom. The maximum Gasteiger partial charge on any atom is 0.266 e. The van der Waals surface area contributed by atoms with Crippen LogP contribution in [0.2, 0.25) is 5.02 Å². The molecule has 22 heavy (non-hydrogen) atoms. The molecule has 1 aliphatic rings. The number of ether oxygens (including phenoxy) is 1. The van der Waals surface area contributed by atoms with Gasteiger partial charge in [-0.1, -0.05) is 17.7 Å². The molecule has 0 atom stereocenters. The highest BCUT2D eigenvalue weighted by Crippen LogP contribution is 2.33. The van der Waals surface area contributed by atoms with E-state index in [0.29, 0.717) is 15.6 Å². The molecule has 0 spiro atoms. The molecule has 1 fully saturated rings. The number of carboxylic acid groups (broad SMARTS) is 1. The predicted octanol–water partition coefficient (Wildman–Crippen LogP) is 1.00. The number of aliphatic imine (C=N–C) groups is 1. The van der Waals surface area contributed by atoms with Crippen LogP contribution in [0.4, 0.5) is 0 Å². The van der Waals surface area contributed by atoms with Crippen LogP contribution in [0, 0.1) is 0 Å². The van der Waals surface area contributed by atoms with Gasteiger partial charge >= 0.3 is 0 Å². The Morgan fingerprint density at radius 1 is 1.55 bits per heavy atom. The molecule has 1 aromatic carbocycles. The number of carbonyl (C=O) groups is 2. The Kier molecular flexibility index (Phi) is 5.10. The molecule has 0 N–H and O–H groups in total. The van der Waals surface area contributed by atoms with Crippen molar-refractivity contribution in [1.82, 2.24) is 4.90 Å². The minimum absolute atomic E-state index is 0.140. The Morgan fingerprint density at radius 3 is 2.82 bits per heavy atom. The van der Waals surface area contributed by atoms with E-state index in [1.54, 1.807) is 38.4 Å². The second-order valence-electron chi connectivity index (χ2n) is 4.33. The largest absolute Gasteiger partial charge is 0.546 e. The van der Waals surface area contributed by atoms with Crippen molar-refractivity contribution in [3.05, 3.63) is 33.7 Å². The molecular formula is C14H12ClN2O4S-. The first-order valence-corrected chi connectivity index (χ1v) is 7.38. The quantitative estimate of drug-likeness (QED) is 0.764. The SMILES string of the molecule is CN=C1S/C(=C/c2ccc(OCC(=O)[O-])c(Cl)c2)C(=O)N1C. The molecule has 0 unspecified atom stereocenters. The number of rotatable bonds is 4. The topological polar surface area (TPSA) is 82.0 Å². The van der Waals surface area contributed by atoms with Crippen LogP contribution < -0.4 is 9.84 Å². The Hall–Kier alpha value is -1.99. The highest BCUT2D eigenvalue weighted by atomic mass is 35.5. The van der Waals surface area contributed by atoms with E-state index in [4.69, 9.17) is 16.3 Å². The third-order valence-electron chi connectivity index (χ3n) is 2.79. The highest BCUT2D eigenvalue weighted by Gasteiger charge is 2.29. The van der Waals surface area contributed by atoms with E-state index in [-0.39, 0.29) is 16.7 Å². The average Bonchev–Trinajstić information content (AvgIpc) is 2.74. The number of hydrogen-bond donors (Lipinski definition) is 0. The molecule has 1 amide bonds. The molecule has 0 radical (unpaired) electrons. The zero-order valence-electron chi connectivity index (χ0n) is 11.8. The molecule has 1 saturated heterocycles. The fourth-order valence-corrected chi connectivity index (χ4v) is 2.93. The second-order valence-corrected chi connectivity index (χ2v) is 5.75. The number of likely N-dealkylation sites (N-methyl/N-ethyl adjacent to an activating group) is 1. The molecule has 2 rings (SSSR count). The Balaban J connectivity index is 2.21. The molecule has 8 heteroatoms. The van der Waals surface area contributed by atoms with Gasteiger partial charge in [-0.2, -0.15) is 0 Å². The molecule has 0 saturated carbocycles. The summed E-state index contributed by atoms with van der Waals surface area (Å²) in [4.78, 5) is 28.4. The molecular weight excluding hydrogens is 328 g/mol. The zero-order valence-corrected chi connectivity index (χ0v) is 13.4. The molecule has 1 heterocycles. The lowest BCUT2D eigenvalue weighted by Gasteiger charge is -2.09. The summed E-state index contributed by atoms with van der Waals surface area (Å²) in [6, 6.07) is 4.81. The number of halogens is 1. The highest BCUT2D eigenvalue weighted by molar-refractivity contribution is 8.18. The Labute approximate surface area is 136 Å². The number of hydrogen-bond acceptors (Lipinski definition) is 6. The molecule has 1 aromatic rings. The van der Waals surface area contributed by atoms with Gasteiger partial charge in [0, 0.05) is 14.1 Å². The second kappa shape index (κ2) is 6.85. The first-order chi connectivity index (χ1) is 10.4. The molecule has 116 valence electrons. The van der Waals surface area contributed by atoms with Crippen molar-refractivity contribution in [2.45, 2.75) is 0 Å². The fourth-order valence-electron chi connectivity index (χ4n) is 1.76. The zero-order chi connectivity index (χ0) is 16.3. The number of nitrogens with zero attached hydrogens (tertiary/aromatic N) is 2. The molecule has 1 aliphatic heterocycles. The van der Waals surface area contributed by atoms with E-state index in [1.165, 1.54) is 16.7 Å². The van der Waals surface area contributed by atoms with Gasteiger partial charge in [0.1, 0.15) is 12.4 Å². The van der Waals surface area contributed by atoms with Gasteiger partial charge in [-0.25, -0.2) is 0 Å². The minimum Gasteiger partial charge on any atom is -0.546 e. The lowest BCUT2D eigenvalue weighted by molar-refractivity contribution is -0.307. The monoisotopic (exact) mass is 339 g/mol. The summed E-state index contributed by atoms with van der Waals surface area (Å²) in [5, 5.41) is 11.2. The lowest BCUT2D eigenvalue weighted by atomic mass is 10.2. The Bertz CT molecular complexity index is 687. The fraction of sp³-hybridized carbons (Fsp3) is 0.214. The third-order valence-corrected chi connectivity index (χ3v) is 4.24. The van der Waals surface area contributed by atoms with E-state index in [1.807, 2.05) is 0 Å². The van der Waals surface area contributed by atoms with Crippen LogP contribution in [0.5, 0.6) is 5.75 Å². The number of amides is 1. The van der Waals surface area contributed by atoms with Crippen LogP contribution in [0.15, 0.2) is 28.1 Å². The lowest BCUT2D eigenvalue weighted by Crippen LogP contribution is -2.28. The van der Waals surface area contributed by atoms with Crippen LogP contribution in [-0.2, 0) is 9.59 Å². The van der Waals surface area contributed by atoms with Crippen molar-refractivity contribution in [1.29, 1.82) is 0 Å². The first-order valence-electron chi connectivity index (χ1n) is 6.19. The van der Waals surface area contributed by atoms with Crippen molar-refractivity contribution >= 4 is 46.5 Å². The maximum atomic E-state index is 12.0. The van der Waals surface area contributed by atoms with Gasteiger partial charge < -0.3 is 14.6 Å². The molecule has 6 nitrogen and oxygen atoms in total. The van der Waals surface area contributed by atoms with E-state index in [0.717, 1.165) is 0 Å². The standard InChI is InChI=1S/C14H13ClN2O4S/c1-16-14-17(2)13(20)11(22-14)6-8-3-4-10(9(15)5-8)21-7-12(18)19/h3-6H,7H2,1-2H3,(H,18,19)/p-1/b11-6+,16-14?. The first kappa shape index (κ1) is 16.4. The predicted molar refractivity (Wildman–Crippen MR) is 83.7 cm³/mol. The summed E-state index contributed by atoms with van der Waals surface area (Å²) in [5.74, 6) is -1.23. The average molecular weight is 340 g/mol. The van der Waals surface area contributed by atoms with Crippen molar-refractivity contribution in [3.8, 4) is 5.75 Å². The normalized spacial score (nSPS) is 18.3. The van der Waals surface area contributed by atoms with E-state index < -0.39 is 12.6 Å². The summed E-state index contributed by atoms with van der Waals surface area (Å²) < 4.78 is 4.98. The van der Waals surface area contributed by atoms with Gasteiger partial charge in [-0.05, 0) is 35.5 Å². The molecule has 0 aliphatic carbocycles. The van der Waals surface area contributed by atoms with E-state index >= 15 is 0 Å². The summed E-state index contributed by atoms with van der Waals surface area (Å²) >= 11 is 7.30. The molecule has 0 aromatic heterocycles. The van der Waals surface area contributed by atoms with Crippen LogP contribution in [0.1, 0.15) is 5.56 Å². The van der Waals surface area contributed by atoms with Gasteiger partial charge in [0.2, 0.25) is 0 Å². The number of benzene rings is 1. The van der Waals surface area contributed by atoms with E-state index in [9.17, 15) is 14.7 Å². The molecule has 0 bridgehead atoms. The van der Waals surface area contributed by atoms with Gasteiger partial charge in [-0.15, -0.1) is 0 Å². The van der Waals surface area contributed by atoms with Crippen LogP contribution >= 0.6 is 23.4 Å². The number of amidine groups is 1. The van der Waals surface area contributed by atoms with Crippen molar-refractivity contribution in [2.24, 2.45) is 4.99 Å². The van der Waals surface area contributed by atoms with Gasteiger partial charge in [0.05, 0.1) is 15.9 Å². The van der Waals surface area contributed by atoms with Crippen LogP contribution in [0.3, 0.4) is 0 Å². The van der Waals surface area contributed by atoms with Crippen molar-refractivity contribution in [2.75, 3.05) is 20.7 Å². The number of carboxylic acids is 1. The third kappa shape index (κ3) is 3.61. The summed E-state index contributed by atoms with van der Waals surface area (Å²) in [6.07, 6.45) is 1.69. The van der Waals surface area contributed by atoms with Crippen molar-refractivity contribution in [3.63, 3.8) is 0 Å². The van der Waals surface area contributed by atoms with Gasteiger partial charge in [-0.3, -0.25) is 14.7 Å². The maximum absolute atomic E-state index is 12.0.